The predicted octanol–water partition coefficient (Wildman–Crippen LogP) is 1.15. The van der Waals surface area contributed by atoms with Gasteiger partial charge in [0.2, 0.25) is 0 Å². The lowest BCUT2D eigenvalue weighted by Gasteiger charge is -2.13. The molecule has 1 aliphatic rings. The fraction of sp³-hybridized carbons (Fsp3) is 0.556. The smallest absolute Gasteiger partial charge is 0.405 e. The summed E-state index contributed by atoms with van der Waals surface area (Å²) in [4.78, 5) is 21.5. The van der Waals surface area contributed by atoms with Crippen molar-refractivity contribution in [2.45, 2.75) is 31.8 Å². The number of primary amides is 1. The van der Waals surface area contributed by atoms with Crippen molar-refractivity contribution in [2.75, 3.05) is 0 Å². The Hall–Kier alpha value is -1.32. The van der Waals surface area contributed by atoms with Gasteiger partial charge in [-0.15, -0.1) is 0 Å². The molecule has 72 valence electrons. The van der Waals surface area contributed by atoms with Crippen LogP contribution in [0.4, 0.5) is 4.79 Å². The lowest BCUT2D eigenvalue weighted by molar-refractivity contribution is -0.119. The first-order valence-corrected chi connectivity index (χ1v) is 4.33. The first kappa shape index (κ1) is 9.77. The quantitative estimate of drug-likeness (QED) is 0.620. The molecule has 0 saturated heterocycles. The summed E-state index contributed by atoms with van der Waals surface area (Å²) in [5, 5.41) is 0. The van der Waals surface area contributed by atoms with Crippen molar-refractivity contribution < 1.29 is 14.3 Å². The number of ether oxygens (including phenoxy) is 1. The van der Waals surface area contributed by atoms with E-state index in [-0.39, 0.29) is 11.9 Å². The molecule has 0 bridgehead atoms. The second kappa shape index (κ2) is 4.64. The molecule has 13 heavy (non-hydrogen) atoms. The first-order valence-electron chi connectivity index (χ1n) is 4.33. The van der Waals surface area contributed by atoms with Crippen molar-refractivity contribution in [2.24, 2.45) is 5.73 Å². The Labute approximate surface area is 76.7 Å². The van der Waals surface area contributed by atoms with Crippen LogP contribution < -0.4 is 5.73 Å². The number of carbonyl (C=O) groups is 2. The fourth-order valence-corrected chi connectivity index (χ4v) is 1.26. The minimum absolute atomic E-state index is 0.211. The van der Waals surface area contributed by atoms with Crippen LogP contribution in [0, 0.1) is 0 Å². The SMILES string of the molecule is NC(=O)OC1C=CCCC(=O)CC1. The van der Waals surface area contributed by atoms with Crippen LogP contribution in [0.5, 0.6) is 0 Å². The summed E-state index contributed by atoms with van der Waals surface area (Å²) in [6.07, 6.45) is 4.82. The average molecular weight is 183 g/mol. The zero-order valence-electron chi connectivity index (χ0n) is 7.36. The minimum Gasteiger partial charge on any atom is -0.442 e. The van der Waals surface area contributed by atoms with Crippen LogP contribution in [0.25, 0.3) is 0 Å². The maximum atomic E-state index is 11.1. The van der Waals surface area contributed by atoms with Crippen molar-refractivity contribution in [1.82, 2.24) is 0 Å². The molecule has 0 heterocycles. The van der Waals surface area contributed by atoms with Crippen molar-refractivity contribution in [3.63, 3.8) is 0 Å². The van der Waals surface area contributed by atoms with Crippen LogP contribution in [0.15, 0.2) is 12.2 Å². The maximum Gasteiger partial charge on any atom is 0.405 e. The van der Waals surface area contributed by atoms with E-state index in [1.165, 1.54) is 0 Å². The molecule has 0 spiro atoms. The van der Waals surface area contributed by atoms with Gasteiger partial charge in [-0.3, -0.25) is 4.79 Å². The van der Waals surface area contributed by atoms with E-state index in [0.29, 0.717) is 19.3 Å². The Bertz CT molecular complexity index is 235. The summed E-state index contributed by atoms with van der Waals surface area (Å²) < 4.78 is 4.77. The molecule has 0 saturated carbocycles. The molecule has 4 nitrogen and oxygen atoms in total. The largest absolute Gasteiger partial charge is 0.442 e. The molecule has 1 amide bonds. The van der Waals surface area contributed by atoms with Crippen LogP contribution in [-0.4, -0.2) is 18.0 Å². The molecular weight excluding hydrogens is 170 g/mol. The van der Waals surface area contributed by atoms with Gasteiger partial charge < -0.3 is 10.5 Å². The van der Waals surface area contributed by atoms with Gasteiger partial charge in [0.1, 0.15) is 11.9 Å². The maximum absolute atomic E-state index is 11.1. The Morgan fingerprint density at radius 1 is 1.54 bits per heavy atom. The summed E-state index contributed by atoms with van der Waals surface area (Å²) in [5.74, 6) is 0.211. The Kier molecular flexibility index (Phi) is 3.49. The van der Waals surface area contributed by atoms with E-state index in [2.05, 4.69) is 0 Å². The van der Waals surface area contributed by atoms with Crippen LogP contribution in [0.3, 0.4) is 0 Å². The predicted molar refractivity (Wildman–Crippen MR) is 47.1 cm³/mol. The number of hydrogen-bond acceptors (Lipinski definition) is 3. The van der Waals surface area contributed by atoms with Gasteiger partial charge in [-0.1, -0.05) is 6.08 Å². The van der Waals surface area contributed by atoms with E-state index < -0.39 is 6.09 Å². The van der Waals surface area contributed by atoms with Gasteiger partial charge in [0.15, 0.2) is 0 Å². The minimum atomic E-state index is -0.789. The van der Waals surface area contributed by atoms with E-state index in [1.54, 1.807) is 6.08 Å². The molecule has 2 N–H and O–H groups in total. The van der Waals surface area contributed by atoms with Crippen LogP contribution in [0.1, 0.15) is 25.7 Å². The van der Waals surface area contributed by atoms with Crippen LogP contribution in [-0.2, 0) is 9.53 Å². The summed E-state index contributed by atoms with van der Waals surface area (Å²) in [5.41, 5.74) is 4.87. The standard InChI is InChI=1S/C9H13NO3/c10-9(12)13-8-4-2-1-3-7(11)5-6-8/h2,4,8H,1,3,5-6H2,(H2,10,12). The van der Waals surface area contributed by atoms with Gasteiger partial charge in [0.25, 0.3) is 0 Å². The number of hydrogen-bond donors (Lipinski definition) is 1. The topological polar surface area (TPSA) is 69.4 Å². The molecule has 4 heteroatoms. The number of amides is 1. The van der Waals surface area contributed by atoms with Crippen LogP contribution >= 0.6 is 0 Å². The highest BCUT2D eigenvalue weighted by Gasteiger charge is 2.13. The molecule has 0 radical (unpaired) electrons. The lowest BCUT2D eigenvalue weighted by atomic mass is 10.0. The van der Waals surface area contributed by atoms with Crippen molar-refractivity contribution in [1.29, 1.82) is 0 Å². The monoisotopic (exact) mass is 183 g/mol. The molecular formula is C9H13NO3. The molecule has 0 fully saturated rings. The molecule has 1 atom stereocenters. The van der Waals surface area contributed by atoms with Gasteiger partial charge in [-0.2, -0.15) is 0 Å². The van der Waals surface area contributed by atoms with Gasteiger partial charge in [0, 0.05) is 12.8 Å². The number of rotatable bonds is 1. The van der Waals surface area contributed by atoms with Crippen molar-refractivity contribution in [3.05, 3.63) is 12.2 Å². The zero-order valence-corrected chi connectivity index (χ0v) is 7.36. The second-order valence-electron chi connectivity index (χ2n) is 3.02. The number of ketones is 1. The van der Waals surface area contributed by atoms with E-state index >= 15 is 0 Å². The zero-order chi connectivity index (χ0) is 9.68. The Morgan fingerprint density at radius 2 is 2.31 bits per heavy atom. The highest BCUT2D eigenvalue weighted by molar-refractivity contribution is 5.78. The van der Waals surface area contributed by atoms with Crippen molar-refractivity contribution >= 4 is 11.9 Å². The number of nitrogens with two attached hydrogens (primary N) is 1. The Balaban J connectivity index is 2.48. The lowest BCUT2D eigenvalue weighted by Crippen LogP contribution is -2.22. The third kappa shape index (κ3) is 3.73. The average Bonchev–Trinajstić information content (AvgIpc) is 2.03. The molecule has 0 aromatic heterocycles. The van der Waals surface area contributed by atoms with Gasteiger partial charge in [0.05, 0.1) is 0 Å². The van der Waals surface area contributed by atoms with E-state index in [9.17, 15) is 9.59 Å². The van der Waals surface area contributed by atoms with Gasteiger partial charge >= 0.3 is 6.09 Å². The molecule has 1 aliphatic carbocycles. The highest BCUT2D eigenvalue weighted by atomic mass is 16.6. The van der Waals surface area contributed by atoms with Gasteiger partial charge in [-0.25, -0.2) is 4.79 Å². The summed E-state index contributed by atoms with van der Waals surface area (Å²) in [6, 6.07) is 0. The van der Waals surface area contributed by atoms with E-state index in [1.807, 2.05) is 6.08 Å². The van der Waals surface area contributed by atoms with E-state index in [0.717, 1.165) is 6.42 Å². The first-order chi connectivity index (χ1) is 6.18. The van der Waals surface area contributed by atoms with Crippen LogP contribution in [0.2, 0.25) is 0 Å². The third-order valence-electron chi connectivity index (χ3n) is 1.92. The second-order valence-corrected chi connectivity index (χ2v) is 3.02. The molecule has 0 aliphatic heterocycles. The summed E-state index contributed by atoms with van der Waals surface area (Å²) in [7, 11) is 0. The molecule has 1 unspecified atom stereocenters. The Morgan fingerprint density at radius 3 is 3.00 bits per heavy atom. The number of carbonyl (C=O) groups excluding carboxylic acids is 2. The van der Waals surface area contributed by atoms with E-state index in [4.69, 9.17) is 10.5 Å². The molecule has 0 aromatic carbocycles. The summed E-state index contributed by atoms with van der Waals surface area (Å²) in [6.45, 7) is 0. The van der Waals surface area contributed by atoms with Gasteiger partial charge in [-0.05, 0) is 18.9 Å². The molecule has 1 rings (SSSR count). The third-order valence-corrected chi connectivity index (χ3v) is 1.92. The number of Topliss-reactive ketones (excluding diaryl/α,β-unsaturated/α-hetero) is 1. The normalized spacial score (nSPS) is 23.4. The summed E-state index contributed by atoms with van der Waals surface area (Å²) >= 11 is 0. The number of allylic oxidation sites excluding steroid dienone is 1. The van der Waals surface area contributed by atoms with Crippen molar-refractivity contribution in [3.8, 4) is 0 Å². The highest BCUT2D eigenvalue weighted by Crippen LogP contribution is 2.11. The fourth-order valence-electron chi connectivity index (χ4n) is 1.26. The molecule has 0 aromatic rings.